The summed E-state index contributed by atoms with van der Waals surface area (Å²) < 4.78 is 28.0. The average molecular weight is 337 g/mol. The summed E-state index contributed by atoms with van der Waals surface area (Å²) in [7, 11) is 0. The lowest BCUT2D eigenvalue weighted by Gasteiger charge is -2.14. The maximum absolute atomic E-state index is 13.7. The summed E-state index contributed by atoms with van der Waals surface area (Å²) in [5, 5.41) is 10.8. The van der Waals surface area contributed by atoms with Gasteiger partial charge < -0.3 is 5.11 Å². The van der Waals surface area contributed by atoms with Crippen LogP contribution in [0.15, 0.2) is 47.5 Å². The zero-order valence-corrected chi connectivity index (χ0v) is 12.5. The fourth-order valence-corrected chi connectivity index (χ4v) is 2.49. The molecule has 7 heteroatoms. The molecular weight excluding hydrogens is 326 g/mol. The van der Waals surface area contributed by atoms with Crippen LogP contribution in [0.2, 0.25) is 5.02 Å². The molecule has 1 aromatic heterocycles. The van der Waals surface area contributed by atoms with E-state index in [9.17, 15) is 18.7 Å². The van der Waals surface area contributed by atoms with Crippen LogP contribution in [-0.4, -0.2) is 14.7 Å². The molecular formula is C16H11ClF2N2O2. The van der Waals surface area contributed by atoms with Gasteiger partial charge in [0.2, 0.25) is 0 Å². The molecule has 0 aliphatic rings. The van der Waals surface area contributed by atoms with Crippen LogP contribution in [0, 0.1) is 11.6 Å². The highest BCUT2D eigenvalue weighted by molar-refractivity contribution is 6.31. The molecule has 23 heavy (non-hydrogen) atoms. The SMILES string of the molecule is O=c1c2cc(Cl)ccc2ncn1C[C@H](O)c1cc(F)ccc1F. The lowest BCUT2D eigenvalue weighted by Crippen LogP contribution is -2.24. The van der Waals surface area contributed by atoms with Crippen LogP contribution in [-0.2, 0) is 6.54 Å². The Bertz CT molecular complexity index is 943. The smallest absolute Gasteiger partial charge is 0.261 e. The average Bonchev–Trinajstić information content (AvgIpc) is 2.53. The molecule has 0 fully saturated rings. The van der Waals surface area contributed by atoms with Crippen molar-refractivity contribution in [2.24, 2.45) is 0 Å². The third kappa shape index (κ3) is 3.09. The summed E-state index contributed by atoms with van der Waals surface area (Å²) in [6.45, 7) is -0.255. The Balaban J connectivity index is 1.99. The number of hydrogen-bond acceptors (Lipinski definition) is 3. The molecule has 0 saturated heterocycles. The summed E-state index contributed by atoms with van der Waals surface area (Å²) in [5.41, 5.74) is -0.182. The van der Waals surface area contributed by atoms with Crippen LogP contribution in [0.5, 0.6) is 0 Å². The summed E-state index contributed by atoms with van der Waals surface area (Å²) >= 11 is 5.87. The van der Waals surface area contributed by atoms with Gasteiger partial charge >= 0.3 is 0 Å². The highest BCUT2D eigenvalue weighted by Crippen LogP contribution is 2.20. The number of hydrogen-bond donors (Lipinski definition) is 1. The van der Waals surface area contributed by atoms with Gasteiger partial charge in [-0.15, -0.1) is 0 Å². The molecule has 2 aromatic carbocycles. The van der Waals surface area contributed by atoms with Gasteiger partial charge in [-0.1, -0.05) is 11.6 Å². The lowest BCUT2D eigenvalue weighted by molar-refractivity contribution is 0.150. The molecule has 0 aliphatic heterocycles. The van der Waals surface area contributed by atoms with Crippen LogP contribution in [0.4, 0.5) is 8.78 Å². The van der Waals surface area contributed by atoms with Crippen molar-refractivity contribution in [2.45, 2.75) is 12.6 Å². The van der Waals surface area contributed by atoms with E-state index in [0.717, 1.165) is 22.8 Å². The lowest BCUT2D eigenvalue weighted by atomic mass is 10.1. The van der Waals surface area contributed by atoms with Crippen LogP contribution in [0.1, 0.15) is 11.7 Å². The fraction of sp³-hybridized carbons (Fsp3) is 0.125. The van der Waals surface area contributed by atoms with Crippen LogP contribution < -0.4 is 5.56 Å². The zero-order chi connectivity index (χ0) is 16.6. The van der Waals surface area contributed by atoms with Gasteiger partial charge in [-0.2, -0.15) is 0 Å². The second kappa shape index (κ2) is 6.06. The summed E-state index contributed by atoms with van der Waals surface area (Å²) in [5.74, 6) is -1.42. The maximum Gasteiger partial charge on any atom is 0.261 e. The Hall–Kier alpha value is -2.31. The van der Waals surface area contributed by atoms with Crippen molar-refractivity contribution in [2.75, 3.05) is 0 Å². The van der Waals surface area contributed by atoms with Crippen molar-refractivity contribution in [1.82, 2.24) is 9.55 Å². The fourth-order valence-electron chi connectivity index (χ4n) is 2.32. The molecule has 1 N–H and O–H groups in total. The van der Waals surface area contributed by atoms with E-state index in [4.69, 9.17) is 11.6 Å². The summed E-state index contributed by atoms with van der Waals surface area (Å²) in [6, 6.07) is 7.46. The molecule has 0 amide bonds. The van der Waals surface area contributed by atoms with Gasteiger partial charge in [-0.05, 0) is 36.4 Å². The third-order valence-electron chi connectivity index (χ3n) is 3.47. The first-order valence-electron chi connectivity index (χ1n) is 6.73. The molecule has 118 valence electrons. The van der Waals surface area contributed by atoms with Crippen molar-refractivity contribution in [1.29, 1.82) is 0 Å². The minimum Gasteiger partial charge on any atom is -0.386 e. The van der Waals surface area contributed by atoms with Gasteiger partial charge in [-0.3, -0.25) is 9.36 Å². The molecule has 3 rings (SSSR count). The largest absolute Gasteiger partial charge is 0.386 e. The molecule has 0 spiro atoms. The normalized spacial score (nSPS) is 12.5. The molecule has 0 aliphatic carbocycles. The number of nitrogens with zero attached hydrogens (tertiary/aromatic N) is 2. The number of rotatable bonds is 3. The first kappa shape index (κ1) is 15.6. The first-order chi connectivity index (χ1) is 11.0. The van der Waals surface area contributed by atoms with Crippen molar-refractivity contribution in [3.05, 3.63) is 75.3 Å². The molecule has 1 atom stereocenters. The van der Waals surface area contributed by atoms with Gasteiger partial charge in [0.15, 0.2) is 0 Å². The maximum atomic E-state index is 13.7. The second-order valence-corrected chi connectivity index (χ2v) is 5.48. The van der Waals surface area contributed by atoms with E-state index in [1.54, 1.807) is 12.1 Å². The van der Waals surface area contributed by atoms with Crippen LogP contribution >= 0.6 is 11.6 Å². The Morgan fingerprint density at radius 1 is 1.22 bits per heavy atom. The van der Waals surface area contributed by atoms with E-state index >= 15 is 0 Å². The topological polar surface area (TPSA) is 55.1 Å². The number of aliphatic hydroxyl groups excluding tert-OH is 1. The number of benzene rings is 2. The quantitative estimate of drug-likeness (QED) is 0.799. The zero-order valence-electron chi connectivity index (χ0n) is 11.7. The number of fused-ring (bicyclic) bond motifs is 1. The molecule has 0 saturated carbocycles. The molecule has 0 bridgehead atoms. The van der Waals surface area contributed by atoms with Crippen LogP contribution in [0.25, 0.3) is 10.9 Å². The molecule has 4 nitrogen and oxygen atoms in total. The Labute approximate surface area is 134 Å². The van der Waals surface area contributed by atoms with Gasteiger partial charge in [0.25, 0.3) is 5.56 Å². The number of aromatic nitrogens is 2. The van der Waals surface area contributed by atoms with Crippen molar-refractivity contribution >= 4 is 22.5 Å². The third-order valence-corrected chi connectivity index (χ3v) is 3.71. The minimum absolute atomic E-state index is 0.219. The van der Waals surface area contributed by atoms with Crippen molar-refractivity contribution < 1.29 is 13.9 Å². The van der Waals surface area contributed by atoms with Crippen molar-refractivity contribution in [3.8, 4) is 0 Å². The van der Waals surface area contributed by atoms with Gasteiger partial charge in [0.1, 0.15) is 11.6 Å². The molecule has 0 radical (unpaired) electrons. The van der Waals surface area contributed by atoms with E-state index in [0.29, 0.717) is 10.5 Å². The monoisotopic (exact) mass is 336 g/mol. The molecule has 1 heterocycles. The Kier molecular flexibility index (Phi) is 4.11. The van der Waals surface area contributed by atoms with Crippen LogP contribution in [0.3, 0.4) is 0 Å². The molecule has 0 unspecified atom stereocenters. The predicted molar refractivity (Wildman–Crippen MR) is 82.3 cm³/mol. The Morgan fingerprint density at radius 3 is 2.78 bits per heavy atom. The van der Waals surface area contributed by atoms with E-state index < -0.39 is 23.3 Å². The second-order valence-electron chi connectivity index (χ2n) is 5.05. The highest BCUT2D eigenvalue weighted by atomic mass is 35.5. The van der Waals surface area contributed by atoms with E-state index in [2.05, 4.69) is 4.98 Å². The Morgan fingerprint density at radius 2 is 2.00 bits per heavy atom. The van der Waals surface area contributed by atoms with Gasteiger partial charge in [0.05, 0.1) is 29.9 Å². The summed E-state index contributed by atoms with van der Waals surface area (Å²) in [4.78, 5) is 16.5. The molecule has 3 aromatic rings. The van der Waals surface area contributed by atoms with Gasteiger partial charge in [-0.25, -0.2) is 13.8 Å². The number of aliphatic hydroxyl groups is 1. The summed E-state index contributed by atoms with van der Waals surface area (Å²) in [6.07, 6.45) is -0.138. The van der Waals surface area contributed by atoms with E-state index in [1.165, 1.54) is 12.4 Å². The highest BCUT2D eigenvalue weighted by Gasteiger charge is 2.16. The first-order valence-corrected chi connectivity index (χ1v) is 7.11. The van der Waals surface area contributed by atoms with E-state index in [-0.39, 0.29) is 17.5 Å². The minimum atomic E-state index is -1.39. The predicted octanol–water partition coefficient (Wildman–Crippen LogP) is 3.06. The standard InChI is InChI=1S/C16H11ClF2N2O2/c17-9-1-4-14-12(5-9)16(23)21(8-20-14)7-15(22)11-6-10(18)2-3-13(11)19/h1-6,8,15,22H,7H2/t15-/m0/s1. The van der Waals surface area contributed by atoms with Crippen molar-refractivity contribution in [3.63, 3.8) is 0 Å². The van der Waals surface area contributed by atoms with E-state index in [1.807, 2.05) is 0 Å². The number of halogens is 3. The van der Waals surface area contributed by atoms with Gasteiger partial charge in [0, 0.05) is 10.6 Å².